The number of anilines is 2. The number of rotatable bonds is 2. The lowest BCUT2D eigenvalue weighted by Gasteiger charge is -2.17. The Bertz CT molecular complexity index is 1580. The third-order valence-electron chi connectivity index (χ3n) is 5.87. The number of carbonyl (C=O) groups excluding carboxylic acids is 1. The third kappa shape index (κ3) is 3.89. The summed E-state index contributed by atoms with van der Waals surface area (Å²) in [6.45, 7) is 2.02. The molecule has 5 nitrogen and oxygen atoms in total. The highest BCUT2D eigenvalue weighted by Crippen LogP contribution is 2.51. The number of amides is 1. The molecule has 3 heterocycles. The van der Waals surface area contributed by atoms with Crippen molar-refractivity contribution in [1.29, 1.82) is 0 Å². The zero-order chi connectivity index (χ0) is 24.1. The Hall–Kier alpha value is -3.26. The fourth-order valence-corrected chi connectivity index (χ4v) is 6.66. The largest absolute Gasteiger partial charge is 0.337 e. The van der Waals surface area contributed by atoms with Crippen LogP contribution in [0.1, 0.15) is 5.56 Å². The summed E-state index contributed by atoms with van der Waals surface area (Å²) in [5.41, 5.74) is 4.50. The fraction of sp³-hybridized carbons (Fsp3) is 0.0741. The maximum atomic E-state index is 13.9. The Labute approximate surface area is 216 Å². The molecule has 0 spiro atoms. The maximum absolute atomic E-state index is 13.9. The van der Waals surface area contributed by atoms with Crippen LogP contribution in [0.25, 0.3) is 10.9 Å². The summed E-state index contributed by atoms with van der Waals surface area (Å²) in [6.07, 6.45) is 1.77. The number of nitrogens with zero attached hydrogens (tertiary/aromatic N) is 4. The number of amidine groups is 1. The van der Waals surface area contributed by atoms with Crippen molar-refractivity contribution in [1.82, 2.24) is 4.98 Å². The molecule has 8 heteroatoms. The van der Waals surface area contributed by atoms with Gasteiger partial charge in [-0.05, 0) is 78.8 Å². The molecule has 0 N–H and O–H groups in total. The highest BCUT2D eigenvalue weighted by Gasteiger charge is 2.40. The minimum atomic E-state index is -0.0917. The van der Waals surface area contributed by atoms with E-state index in [1.54, 1.807) is 22.9 Å². The Kier molecular flexibility index (Phi) is 5.56. The first-order valence-corrected chi connectivity index (χ1v) is 13.0. The SMILES string of the molecule is Cc1cccc(N2C(=O)C(=C3Sc4ccc(Cl)cc4N3C)SC2=Nc2cccc3ncccc23)c1. The average molecular weight is 515 g/mol. The molecule has 0 unspecified atom stereocenters. The molecule has 4 aromatic rings. The van der Waals surface area contributed by atoms with E-state index in [1.165, 1.54) is 11.8 Å². The molecule has 3 aromatic carbocycles. The number of thioether (sulfide) groups is 2. The number of aryl methyl sites for hydroxylation is 1. The molecule has 2 aliphatic heterocycles. The number of hydrogen-bond acceptors (Lipinski definition) is 6. The van der Waals surface area contributed by atoms with Gasteiger partial charge in [0.2, 0.25) is 0 Å². The van der Waals surface area contributed by atoms with Crippen molar-refractivity contribution in [3.8, 4) is 0 Å². The third-order valence-corrected chi connectivity index (χ3v) is 8.50. The Morgan fingerprint density at radius 3 is 2.69 bits per heavy atom. The van der Waals surface area contributed by atoms with Crippen molar-refractivity contribution in [3.05, 3.63) is 99.5 Å². The van der Waals surface area contributed by atoms with Gasteiger partial charge in [0.1, 0.15) is 4.91 Å². The van der Waals surface area contributed by atoms with Gasteiger partial charge in [-0.15, -0.1) is 0 Å². The van der Waals surface area contributed by atoms with Gasteiger partial charge in [0.15, 0.2) is 5.17 Å². The number of carbonyl (C=O) groups is 1. The van der Waals surface area contributed by atoms with Crippen molar-refractivity contribution in [2.24, 2.45) is 4.99 Å². The molecule has 2 aliphatic rings. The summed E-state index contributed by atoms with van der Waals surface area (Å²) in [5.74, 6) is -0.0917. The normalized spacial score (nSPS) is 18.7. The van der Waals surface area contributed by atoms with Crippen molar-refractivity contribution < 1.29 is 4.79 Å². The highest BCUT2D eigenvalue weighted by molar-refractivity contribution is 8.20. The second-order valence-electron chi connectivity index (χ2n) is 8.23. The maximum Gasteiger partial charge on any atom is 0.274 e. The van der Waals surface area contributed by atoms with Crippen LogP contribution in [-0.4, -0.2) is 23.1 Å². The molecular formula is C27H19ClN4OS2. The number of hydrogen-bond donors (Lipinski definition) is 0. The zero-order valence-corrected chi connectivity index (χ0v) is 21.3. The van der Waals surface area contributed by atoms with Gasteiger partial charge in [-0.2, -0.15) is 0 Å². The van der Waals surface area contributed by atoms with E-state index in [9.17, 15) is 4.79 Å². The first-order valence-electron chi connectivity index (χ1n) is 11.0. The van der Waals surface area contributed by atoms with Crippen molar-refractivity contribution in [3.63, 3.8) is 0 Å². The molecule has 0 atom stereocenters. The average Bonchev–Trinajstić information content (AvgIpc) is 3.35. The number of halogens is 1. The van der Waals surface area contributed by atoms with Gasteiger partial charge in [-0.25, -0.2) is 4.99 Å². The van der Waals surface area contributed by atoms with Crippen molar-refractivity contribution >= 4 is 74.2 Å². The van der Waals surface area contributed by atoms with E-state index in [1.807, 2.05) is 91.7 Å². The molecule has 0 radical (unpaired) electrons. The van der Waals surface area contributed by atoms with Crippen LogP contribution in [0.5, 0.6) is 0 Å². The number of aromatic nitrogens is 1. The van der Waals surface area contributed by atoms with Gasteiger partial charge >= 0.3 is 0 Å². The fourth-order valence-electron chi connectivity index (χ4n) is 4.18. The monoisotopic (exact) mass is 514 g/mol. The van der Waals surface area contributed by atoms with Crippen LogP contribution in [0.2, 0.25) is 5.02 Å². The van der Waals surface area contributed by atoms with Crippen LogP contribution in [-0.2, 0) is 4.79 Å². The van der Waals surface area contributed by atoms with Crippen LogP contribution in [0, 0.1) is 6.92 Å². The van der Waals surface area contributed by atoms with Crippen LogP contribution < -0.4 is 9.80 Å². The van der Waals surface area contributed by atoms with E-state index < -0.39 is 0 Å². The minimum absolute atomic E-state index is 0.0917. The topological polar surface area (TPSA) is 48.8 Å². The van der Waals surface area contributed by atoms with Crippen LogP contribution in [0.4, 0.5) is 17.1 Å². The highest BCUT2D eigenvalue weighted by atomic mass is 35.5. The van der Waals surface area contributed by atoms with Gasteiger partial charge in [-0.1, -0.05) is 41.6 Å². The van der Waals surface area contributed by atoms with E-state index in [-0.39, 0.29) is 5.91 Å². The Balaban J connectivity index is 1.51. The molecule has 1 aromatic heterocycles. The van der Waals surface area contributed by atoms with Crippen LogP contribution >= 0.6 is 35.1 Å². The predicted octanol–water partition coefficient (Wildman–Crippen LogP) is 7.38. The summed E-state index contributed by atoms with van der Waals surface area (Å²) < 4.78 is 0. The molecule has 0 bridgehead atoms. The van der Waals surface area contributed by atoms with Gasteiger partial charge < -0.3 is 4.90 Å². The van der Waals surface area contributed by atoms with E-state index in [0.717, 1.165) is 43.5 Å². The summed E-state index contributed by atoms with van der Waals surface area (Å²) in [7, 11) is 1.97. The lowest BCUT2D eigenvalue weighted by Crippen LogP contribution is -2.29. The molecule has 1 fully saturated rings. The lowest BCUT2D eigenvalue weighted by atomic mass is 10.2. The molecule has 0 saturated carbocycles. The van der Waals surface area contributed by atoms with E-state index >= 15 is 0 Å². The predicted molar refractivity (Wildman–Crippen MR) is 148 cm³/mol. The van der Waals surface area contributed by atoms with Gasteiger partial charge in [0, 0.05) is 28.5 Å². The van der Waals surface area contributed by atoms with Gasteiger partial charge in [0.05, 0.1) is 27.6 Å². The zero-order valence-electron chi connectivity index (χ0n) is 18.9. The smallest absolute Gasteiger partial charge is 0.274 e. The summed E-state index contributed by atoms with van der Waals surface area (Å²) in [6, 6.07) is 23.5. The molecule has 0 aliphatic carbocycles. The summed E-state index contributed by atoms with van der Waals surface area (Å²) in [5, 5.41) is 3.10. The number of pyridine rings is 1. The molecular weight excluding hydrogens is 496 g/mol. The van der Waals surface area contributed by atoms with Crippen molar-refractivity contribution in [2.75, 3.05) is 16.8 Å². The number of benzene rings is 3. The standard InChI is InChI=1S/C27H19ClN4OS2/c1-16-6-3-7-18(14-16)32-25(33)24(26-31(2)22-15-17(28)11-12-23(22)34-26)35-27(32)30-21-10-4-9-20-19(21)8-5-13-29-20/h3-15H,1-2H3. The summed E-state index contributed by atoms with van der Waals surface area (Å²) >= 11 is 9.22. The van der Waals surface area contributed by atoms with E-state index in [0.29, 0.717) is 15.1 Å². The molecule has 1 amide bonds. The Morgan fingerprint density at radius 2 is 1.83 bits per heavy atom. The van der Waals surface area contributed by atoms with E-state index in [4.69, 9.17) is 16.6 Å². The number of aliphatic imine (C=N–C) groups is 1. The second kappa shape index (κ2) is 8.75. The quantitative estimate of drug-likeness (QED) is 0.261. The molecule has 172 valence electrons. The Morgan fingerprint density at radius 1 is 0.971 bits per heavy atom. The lowest BCUT2D eigenvalue weighted by molar-refractivity contribution is -0.113. The molecule has 35 heavy (non-hydrogen) atoms. The first-order chi connectivity index (χ1) is 17.0. The second-order valence-corrected chi connectivity index (χ2v) is 10.7. The minimum Gasteiger partial charge on any atom is -0.337 e. The molecule has 6 rings (SSSR count). The molecule has 1 saturated heterocycles. The van der Waals surface area contributed by atoms with Crippen LogP contribution in [0.3, 0.4) is 0 Å². The van der Waals surface area contributed by atoms with Crippen LogP contribution in [0.15, 0.2) is 98.8 Å². The first kappa shape index (κ1) is 22.2. The van der Waals surface area contributed by atoms with E-state index in [2.05, 4.69) is 4.98 Å². The van der Waals surface area contributed by atoms with Gasteiger partial charge in [-0.3, -0.25) is 14.7 Å². The number of fused-ring (bicyclic) bond motifs is 2. The summed E-state index contributed by atoms with van der Waals surface area (Å²) in [4.78, 5) is 28.8. The van der Waals surface area contributed by atoms with Gasteiger partial charge in [0.25, 0.3) is 5.91 Å². The van der Waals surface area contributed by atoms with Crippen molar-refractivity contribution in [2.45, 2.75) is 11.8 Å².